The maximum Gasteiger partial charge on any atom is 0.0462 e. The Hall–Kier alpha value is -0.0500. The molecule has 1 fully saturated rings. The average Bonchev–Trinajstić information content (AvgIpc) is 2.60. The zero-order chi connectivity index (χ0) is 9.52. The van der Waals surface area contributed by atoms with Crippen molar-refractivity contribution in [3.05, 3.63) is 11.6 Å². The van der Waals surface area contributed by atoms with Crippen LogP contribution in [0.4, 0.5) is 0 Å². The van der Waals surface area contributed by atoms with E-state index >= 15 is 0 Å². The number of nitrogens with one attached hydrogen (secondary N) is 1. The van der Waals surface area contributed by atoms with E-state index < -0.39 is 0 Å². The van der Waals surface area contributed by atoms with E-state index in [4.69, 9.17) is 16.7 Å². The largest absolute Gasteiger partial charge is 0.396 e. The molecule has 2 nitrogen and oxygen atoms in total. The van der Waals surface area contributed by atoms with Crippen molar-refractivity contribution in [3.8, 4) is 0 Å². The smallest absolute Gasteiger partial charge is 0.0462 e. The Bertz CT molecular complexity index is 161. The molecule has 1 saturated carbocycles. The van der Waals surface area contributed by atoms with Crippen LogP contribution in [0, 0.1) is 11.8 Å². The van der Waals surface area contributed by atoms with Crippen LogP contribution in [0.3, 0.4) is 0 Å². The van der Waals surface area contributed by atoms with Gasteiger partial charge < -0.3 is 10.4 Å². The number of rotatable bonds is 5. The van der Waals surface area contributed by atoms with Crippen LogP contribution >= 0.6 is 11.6 Å². The Kier molecular flexibility index (Phi) is 5.44. The quantitative estimate of drug-likeness (QED) is 0.668. The van der Waals surface area contributed by atoms with Gasteiger partial charge in [0.15, 0.2) is 0 Å². The third kappa shape index (κ3) is 3.67. The summed E-state index contributed by atoms with van der Waals surface area (Å²) in [6.07, 6.45) is 5.60. The normalized spacial score (nSPS) is 28.8. The summed E-state index contributed by atoms with van der Waals surface area (Å²) in [7, 11) is 0. The number of aliphatic hydroxyl groups is 1. The molecule has 2 unspecified atom stereocenters. The predicted molar refractivity (Wildman–Crippen MR) is 55.8 cm³/mol. The maximum absolute atomic E-state index is 9.08. The van der Waals surface area contributed by atoms with Gasteiger partial charge in [0.1, 0.15) is 0 Å². The fraction of sp³-hybridized carbons (Fsp3) is 0.800. The fourth-order valence-corrected chi connectivity index (χ4v) is 2.11. The lowest BCUT2D eigenvalue weighted by atomic mass is 9.97. The van der Waals surface area contributed by atoms with Crippen LogP contribution in [0.2, 0.25) is 0 Å². The highest BCUT2D eigenvalue weighted by Crippen LogP contribution is 2.30. The van der Waals surface area contributed by atoms with E-state index in [2.05, 4.69) is 5.32 Å². The van der Waals surface area contributed by atoms with E-state index in [0.29, 0.717) is 18.4 Å². The van der Waals surface area contributed by atoms with Gasteiger partial charge in [-0.05, 0) is 31.2 Å². The monoisotopic (exact) mass is 203 g/mol. The predicted octanol–water partition coefficient (Wildman–Crippen LogP) is 1.74. The second-order valence-electron chi connectivity index (χ2n) is 3.65. The number of halogens is 1. The van der Waals surface area contributed by atoms with Crippen LogP contribution in [-0.2, 0) is 0 Å². The SMILES string of the molecule is OCC1CCCC1CNC/C=C/Cl. The van der Waals surface area contributed by atoms with E-state index in [-0.39, 0.29) is 0 Å². The number of hydrogen-bond donors (Lipinski definition) is 2. The lowest BCUT2D eigenvalue weighted by molar-refractivity contribution is 0.193. The molecule has 0 bridgehead atoms. The molecule has 1 aliphatic rings. The van der Waals surface area contributed by atoms with Crippen molar-refractivity contribution in [2.24, 2.45) is 11.8 Å². The number of aliphatic hydroxyl groups excluding tert-OH is 1. The van der Waals surface area contributed by atoms with Crippen molar-refractivity contribution in [1.29, 1.82) is 0 Å². The third-order valence-corrected chi connectivity index (χ3v) is 2.99. The summed E-state index contributed by atoms with van der Waals surface area (Å²) < 4.78 is 0. The Labute approximate surface area is 85.0 Å². The molecule has 0 aromatic carbocycles. The molecule has 0 aromatic heterocycles. The maximum atomic E-state index is 9.08. The van der Waals surface area contributed by atoms with Crippen LogP contribution in [0.15, 0.2) is 11.6 Å². The molecule has 1 rings (SSSR count). The summed E-state index contributed by atoms with van der Waals surface area (Å²) in [6, 6.07) is 0. The van der Waals surface area contributed by atoms with E-state index in [9.17, 15) is 0 Å². The Morgan fingerprint density at radius 2 is 2.15 bits per heavy atom. The molecule has 13 heavy (non-hydrogen) atoms. The summed E-state index contributed by atoms with van der Waals surface area (Å²) >= 11 is 5.39. The second kappa shape index (κ2) is 6.41. The minimum absolute atomic E-state index is 0.345. The van der Waals surface area contributed by atoms with Gasteiger partial charge in [0.2, 0.25) is 0 Å². The summed E-state index contributed by atoms with van der Waals surface area (Å²) in [6.45, 7) is 2.18. The van der Waals surface area contributed by atoms with Crippen LogP contribution < -0.4 is 5.32 Å². The first-order valence-corrected chi connectivity index (χ1v) is 5.39. The molecule has 76 valence electrons. The van der Waals surface area contributed by atoms with Crippen LogP contribution in [-0.4, -0.2) is 24.8 Å². The Balaban J connectivity index is 2.12. The van der Waals surface area contributed by atoms with Gasteiger partial charge in [-0.2, -0.15) is 0 Å². The van der Waals surface area contributed by atoms with Crippen LogP contribution in [0.5, 0.6) is 0 Å². The Morgan fingerprint density at radius 1 is 1.38 bits per heavy atom. The fourth-order valence-electron chi connectivity index (χ4n) is 2.02. The summed E-state index contributed by atoms with van der Waals surface area (Å²) in [5.41, 5.74) is 1.53. The molecule has 0 radical (unpaired) electrons. The van der Waals surface area contributed by atoms with Gasteiger partial charge in [-0.15, -0.1) is 0 Å². The zero-order valence-electron chi connectivity index (χ0n) is 7.88. The van der Waals surface area contributed by atoms with Crippen molar-refractivity contribution in [2.75, 3.05) is 19.7 Å². The van der Waals surface area contributed by atoms with Gasteiger partial charge in [-0.25, -0.2) is 0 Å². The van der Waals surface area contributed by atoms with Crippen molar-refractivity contribution in [1.82, 2.24) is 5.32 Å². The standard InChI is InChI=1S/C10H18ClNO/c11-5-2-6-12-7-9-3-1-4-10(9)8-13/h2,5,9-10,12-13H,1,3-4,6-8H2/b5-2+. The molecular formula is C10H18ClNO. The van der Waals surface area contributed by atoms with E-state index in [1.165, 1.54) is 24.8 Å². The van der Waals surface area contributed by atoms with Gasteiger partial charge in [0.25, 0.3) is 0 Å². The molecule has 2 N–H and O–H groups in total. The average molecular weight is 204 g/mol. The molecule has 0 aromatic rings. The molecular weight excluding hydrogens is 186 g/mol. The highest BCUT2D eigenvalue weighted by Gasteiger charge is 2.25. The van der Waals surface area contributed by atoms with E-state index in [1.54, 1.807) is 0 Å². The van der Waals surface area contributed by atoms with Gasteiger partial charge >= 0.3 is 0 Å². The third-order valence-electron chi connectivity index (χ3n) is 2.81. The van der Waals surface area contributed by atoms with Gasteiger partial charge in [-0.1, -0.05) is 24.1 Å². The van der Waals surface area contributed by atoms with E-state index in [1.807, 2.05) is 6.08 Å². The zero-order valence-corrected chi connectivity index (χ0v) is 8.63. The highest BCUT2D eigenvalue weighted by atomic mass is 35.5. The molecule has 0 spiro atoms. The van der Waals surface area contributed by atoms with E-state index in [0.717, 1.165) is 13.1 Å². The molecule has 0 saturated heterocycles. The van der Waals surface area contributed by atoms with Crippen molar-refractivity contribution >= 4 is 11.6 Å². The molecule has 0 amide bonds. The minimum atomic E-state index is 0.345. The van der Waals surface area contributed by atoms with Gasteiger partial charge in [-0.3, -0.25) is 0 Å². The van der Waals surface area contributed by atoms with Gasteiger partial charge in [0, 0.05) is 18.7 Å². The molecule has 1 aliphatic carbocycles. The van der Waals surface area contributed by atoms with Crippen LogP contribution in [0.1, 0.15) is 19.3 Å². The summed E-state index contributed by atoms with van der Waals surface area (Å²) in [5, 5.41) is 12.4. The number of hydrogen-bond acceptors (Lipinski definition) is 2. The Morgan fingerprint density at radius 3 is 2.85 bits per heavy atom. The molecule has 2 atom stereocenters. The first-order chi connectivity index (χ1) is 6.38. The first kappa shape index (κ1) is 11.0. The van der Waals surface area contributed by atoms with Crippen LogP contribution in [0.25, 0.3) is 0 Å². The summed E-state index contributed by atoms with van der Waals surface area (Å²) in [5.74, 6) is 1.18. The highest BCUT2D eigenvalue weighted by molar-refractivity contribution is 6.25. The second-order valence-corrected chi connectivity index (χ2v) is 3.91. The molecule has 0 heterocycles. The van der Waals surface area contributed by atoms with Crippen molar-refractivity contribution in [2.45, 2.75) is 19.3 Å². The van der Waals surface area contributed by atoms with Gasteiger partial charge in [0.05, 0.1) is 0 Å². The van der Waals surface area contributed by atoms with Crippen molar-refractivity contribution < 1.29 is 5.11 Å². The molecule has 0 aliphatic heterocycles. The lowest BCUT2D eigenvalue weighted by Gasteiger charge is -2.16. The molecule has 3 heteroatoms. The van der Waals surface area contributed by atoms with Crippen molar-refractivity contribution in [3.63, 3.8) is 0 Å². The lowest BCUT2D eigenvalue weighted by Crippen LogP contribution is -2.26. The summed E-state index contributed by atoms with van der Waals surface area (Å²) in [4.78, 5) is 0. The first-order valence-electron chi connectivity index (χ1n) is 4.95. The minimum Gasteiger partial charge on any atom is -0.396 e. The topological polar surface area (TPSA) is 32.3 Å².